The zero-order valence-electron chi connectivity index (χ0n) is 18.3. The molecule has 31 heavy (non-hydrogen) atoms. The Kier molecular flexibility index (Phi) is 6.13. The Hall–Kier alpha value is -3.06. The number of benzene rings is 1. The monoisotopic (exact) mass is 421 g/mol. The molecular formula is C24H31N5O2. The standard InChI is InChI=1S/C24H31N5O2/c1-4-7-18-11-17(12-21(24(18)30)31-5-2)14-28-9-6-8-19(15-28)20-13-22(25)29-23(26-20)10-16(3)27-29/h4,10-13,19,30H,1,5-9,14-15,25H2,2-3H3/t19-/m0/s1. The average Bonchev–Trinajstić information content (AvgIpc) is 3.13. The van der Waals surface area contributed by atoms with Gasteiger partial charge in [0.2, 0.25) is 0 Å². The van der Waals surface area contributed by atoms with Gasteiger partial charge in [-0.3, -0.25) is 4.90 Å². The molecule has 164 valence electrons. The van der Waals surface area contributed by atoms with Gasteiger partial charge in [-0.1, -0.05) is 12.1 Å². The third-order valence-electron chi connectivity index (χ3n) is 5.80. The molecule has 1 atom stereocenters. The van der Waals surface area contributed by atoms with E-state index < -0.39 is 0 Å². The van der Waals surface area contributed by atoms with E-state index in [0.717, 1.165) is 60.6 Å². The van der Waals surface area contributed by atoms with E-state index in [1.54, 1.807) is 10.6 Å². The number of aromatic hydroxyl groups is 1. The summed E-state index contributed by atoms with van der Waals surface area (Å²) in [5, 5.41) is 14.9. The smallest absolute Gasteiger partial charge is 0.161 e. The van der Waals surface area contributed by atoms with E-state index in [4.69, 9.17) is 15.5 Å². The highest BCUT2D eigenvalue weighted by Gasteiger charge is 2.24. The predicted molar refractivity (Wildman–Crippen MR) is 123 cm³/mol. The summed E-state index contributed by atoms with van der Waals surface area (Å²) in [5.74, 6) is 1.71. The number of anilines is 1. The van der Waals surface area contributed by atoms with Crippen molar-refractivity contribution in [3.63, 3.8) is 0 Å². The fourth-order valence-corrected chi connectivity index (χ4v) is 4.44. The molecule has 2 aromatic heterocycles. The lowest BCUT2D eigenvalue weighted by Crippen LogP contribution is -2.34. The zero-order chi connectivity index (χ0) is 22.0. The first-order valence-corrected chi connectivity index (χ1v) is 10.9. The quantitative estimate of drug-likeness (QED) is 0.564. The van der Waals surface area contributed by atoms with Gasteiger partial charge in [0.1, 0.15) is 5.82 Å². The van der Waals surface area contributed by atoms with Crippen molar-refractivity contribution in [3.05, 3.63) is 59.4 Å². The Balaban J connectivity index is 1.55. The molecule has 7 nitrogen and oxygen atoms in total. The van der Waals surface area contributed by atoms with Gasteiger partial charge in [0.15, 0.2) is 17.1 Å². The number of phenolic OH excluding ortho intramolecular Hbond substituents is 1. The summed E-state index contributed by atoms with van der Waals surface area (Å²) < 4.78 is 7.37. The normalized spacial score (nSPS) is 17.2. The summed E-state index contributed by atoms with van der Waals surface area (Å²) in [6.07, 6.45) is 4.60. The van der Waals surface area contributed by atoms with Crippen LogP contribution >= 0.6 is 0 Å². The van der Waals surface area contributed by atoms with Gasteiger partial charge in [0, 0.05) is 36.7 Å². The van der Waals surface area contributed by atoms with Gasteiger partial charge in [-0.15, -0.1) is 6.58 Å². The molecule has 3 N–H and O–H groups in total. The summed E-state index contributed by atoms with van der Waals surface area (Å²) in [6.45, 7) is 10.9. The van der Waals surface area contributed by atoms with Gasteiger partial charge < -0.3 is 15.6 Å². The van der Waals surface area contributed by atoms with Gasteiger partial charge in [-0.25, -0.2) is 4.98 Å². The molecular weight excluding hydrogens is 390 g/mol. The van der Waals surface area contributed by atoms with Crippen LogP contribution in [0.15, 0.2) is 36.9 Å². The predicted octanol–water partition coefficient (Wildman–Crippen LogP) is 3.83. The number of ether oxygens (including phenoxy) is 1. The first-order chi connectivity index (χ1) is 15.0. The second-order valence-corrected chi connectivity index (χ2v) is 8.26. The third kappa shape index (κ3) is 4.51. The van der Waals surface area contributed by atoms with E-state index in [1.165, 1.54) is 0 Å². The van der Waals surface area contributed by atoms with Gasteiger partial charge in [-0.2, -0.15) is 9.61 Å². The largest absolute Gasteiger partial charge is 0.504 e. The van der Waals surface area contributed by atoms with Crippen molar-refractivity contribution < 1.29 is 9.84 Å². The minimum atomic E-state index is 0.214. The Morgan fingerprint density at radius 2 is 2.16 bits per heavy atom. The van der Waals surface area contributed by atoms with Crippen LogP contribution in [0.5, 0.6) is 11.5 Å². The number of piperidine rings is 1. The maximum Gasteiger partial charge on any atom is 0.161 e. The number of nitrogens with two attached hydrogens (primary N) is 1. The maximum atomic E-state index is 10.5. The highest BCUT2D eigenvalue weighted by atomic mass is 16.5. The molecule has 3 aromatic rings. The van der Waals surface area contributed by atoms with Crippen molar-refractivity contribution in [1.29, 1.82) is 0 Å². The number of aromatic nitrogens is 3. The van der Waals surface area contributed by atoms with E-state index >= 15 is 0 Å². The number of hydrogen-bond donors (Lipinski definition) is 2. The number of fused-ring (bicyclic) bond motifs is 1. The topological polar surface area (TPSA) is 88.9 Å². The number of likely N-dealkylation sites (tertiary alicyclic amines) is 1. The molecule has 3 heterocycles. The van der Waals surface area contributed by atoms with Crippen molar-refractivity contribution in [2.75, 3.05) is 25.4 Å². The summed E-state index contributed by atoms with van der Waals surface area (Å²) in [4.78, 5) is 7.28. The second kappa shape index (κ2) is 8.98. The number of phenols is 1. The van der Waals surface area contributed by atoms with Crippen LogP contribution in [0.25, 0.3) is 5.65 Å². The number of nitrogens with zero attached hydrogens (tertiary/aromatic N) is 4. The summed E-state index contributed by atoms with van der Waals surface area (Å²) in [5.41, 5.74) is 11.0. The Labute approximate surface area is 183 Å². The van der Waals surface area contributed by atoms with Gasteiger partial charge >= 0.3 is 0 Å². The average molecular weight is 422 g/mol. The number of nitrogen functional groups attached to an aromatic ring is 1. The van der Waals surface area contributed by atoms with E-state index in [-0.39, 0.29) is 5.75 Å². The number of aryl methyl sites for hydroxylation is 1. The molecule has 0 unspecified atom stereocenters. The van der Waals surface area contributed by atoms with Gasteiger partial charge in [0.05, 0.1) is 18.0 Å². The lowest BCUT2D eigenvalue weighted by Gasteiger charge is -2.32. The van der Waals surface area contributed by atoms with Crippen LogP contribution < -0.4 is 10.5 Å². The van der Waals surface area contributed by atoms with Crippen LogP contribution in [-0.2, 0) is 13.0 Å². The molecule has 7 heteroatoms. The van der Waals surface area contributed by atoms with Gasteiger partial charge in [-0.05, 0) is 51.3 Å². The van der Waals surface area contributed by atoms with Crippen molar-refractivity contribution in [1.82, 2.24) is 19.5 Å². The van der Waals surface area contributed by atoms with Crippen LogP contribution in [-0.4, -0.2) is 44.3 Å². The molecule has 1 saturated heterocycles. The Bertz CT molecular complexity index is 1090. The van der Waals surface area contributed by atoms with E-state index in [2.05, 4.69) is 22.6 Å². The highest BCUT2D eigenvalue weighted by Crippen LogP contribution is 2.34. The lowest BCUT2D eigenvalue weighted by atomic mass is 9.94. The van der Waals surface area contributed by atoms with Crippen LogP contribution in [0.2, 0.25) is 0 Å². The van der Waals surface area contributed by atoms with Crippen LogP contribution in [0.1, 0.15) is 48.2 Å². The van der Waals surface area contributed by atoms with Crippen LogP contribution in [0, 0.1) is 6.92 Å². The lowest BCUT2D eigenvalue weighted by molar-refractivity contribution is 0.198. The fourth-order valence-electron chi connectivity index (χ4n) is 4.44. The van der Waals surface area contributed by atoms with E-state index in [1.807, 2.05) is 32.0 Å². The molecule has 0 radical (unpaired) electrons. The van der Waals surface area contributed by atoms with Crippen molar-refractivity contribution in [3.8, 4) is 11.5 Å². The van der Waals surface area contributed by atoms with Crippen LogP contribution in [0.3, 0.4) is 0 Å². The summed E-state index contributed by atoms with van der Waals surface area (Å²) in [7, 11) is 0. The minimum Gasteiger partial charge on any atom is -0.504 e. The van der Waals surface area contributed by atoms with Crippen molar-refractivity contribution >= 4 is 11.5 Å². The molecule has 1 aliphatic heterocycles. The number of hydrogen-bond acceptors (Lipinski definition) is 6. The van der Waals surface area contributed by atoms with E-state index in [0.29, 0.717) is 30.5 Å². The Morgan fingerprint density at radius 1 is 1.32 bits per heavy atom. The second-order valence-electron chi connectivity index (χ2n) is 8.26. The molecule has 0 saturated carbocycles. The molecule has 1 aromatic carbocycles. The summed E-state index contributed by atoms with van der Waals surface area (Å²) in [6, 6.07) is 7.93. The fraction of sp³-hybridized carbons (Fsp3) is 0.417. The minimum absolute atomic E-state index is 0.214. The first-order valence-electron chi connectivity index (χ1n) is 10.9. The maximum absolute atomic E-state index is 10.5. The molecule has 1 fully saturated rings. The molecule has 0 amide bonds. The number of allylic oxidation sites excluding steroid dienone is 1. The zero-order valence-corrected chi connectivity index (χ0v) is 18.3. The summed E-state index contributed by atoms with van der Waals surface area (Å²) >= 11 is 0. The van der Waals surface area contributed by atoms with Crippen molar-refractivity contribution in [2.45, 2.75) is 45.6 Å². The molecule has 1 aliphatic rings. The van der Waals surface area contributed by atoms with Crippen LogP contribution in [0.4, 0.5) is 5.82 Å². The Morgan fingerprint density at radius 3 is 2.94 bits per heavy atom. The number of rotatable bonds is 7. The van der Waals surface area contributed by atoms with Gasteiger partial charge in [0.25, 0.3) is 0 Å². The molecule has 4 rings (SSSR count). The molecule has 0 spiro atoms. The first kappa shape index (κ1) is 21.2. The van der Waals surface area contributed by atoms with Crippen molar-refractivity contribution in [2.24, 2.45) is 0 Å². The SMILES string of the molecule is C=CCc1cc(CN2CCC[C@H](c3cc(N)n4nc(C)cc4n3)C2)cc(OCC)c1O. The molecule has 0 bridgehead atoms. The highest BCUT2D eigenvalue weighted by molar-refractivity contribution is 5.50. The van der Waals surface area contributed by atoms with E-state index in [9.17, 15) is 5.11 Å². The third-order valence-corrected chi connectivity index (χ3v) is 5.80. The molecule has 0 aliphatic carbocycles.